The molecule has 1 heterocycles. The quantitative estimate of drug-likeness (QED) is 0.876. The number of carbonyl (C=O) groups excluding carboxylic acids is 1. The first-order valence-electron chi connectivity index (χ1n) is 6.53. The van der Waals surface area contributed by atoms with Gasteiger partial charge in [-0.05, 0) is 25.8 Å². The molecule has 0 spiro atoms. The highest BCUT2D eigenvalue weighted by Crippen LogP contribution is 2.17. The van der Waals surface area contributed by atoms with Crippen LogP contribution in [0.5, 0.6) is 0 Å². The number of aliphatic hydroxyl groups excluding tert-OH is 1. The first kappa shape index (κ1) is 14.3. The third-order valence-electron chi connectivity index (χ3n) is 2.99. The molecule has 0 aliphatic heterocycles. The SMILES string of the molecule is Cc1cc(C(=O)NC(C)CC(O)c2ccccc2)on1. The Balaban J connectivity index is 1.89. The molecule has 2 rings (SSSR count). The van der Waals surface area contributed by atoms with Gasteiger partial charge < -0.3 is 14.9 Å². The van der Waals surface area contributed by atoms with E-state index in [2.05, 4.69) is 10.5 Å². The van der Waals surface area contributed by atoms with E-state index in [0.29, 0.717) is 12.1 Å². The molecule has 2 aromatic rings. The Kier molecular flexibility index (Phi) is 4.53. The fourth-order valence-corrected chi connectivity index (χ4v) is 1.97. The largest absolute Gasteiger partial charge is 0.388 e. The number of nitrogens with one attached hydrogen (secondary N) is 1. The van der Waals surface area contributed by atoms with Gasteiger partial charge in [-0.3, -0.25) is 4.79 Å². The average molecular weight is 274 g/mol. The van der Waals surface area contributed by atoms with E-state index in [1.54, 1.807) is 13.0 Å². The number of aryl methyl sites for hydroxylation is 1. The van der Waals surface area contributed by atoms with Crippen LogP contribution in [0, 0.1) is 6.92 Å². The molecule has 0 saturated heterocycles. The maximum atomic E-state index is 11.9. The van der Waals surface area contributed by atoms with Gasteiger partial charge in [0.15, 0.2) is 0 Å². The second-order valence-corrected chi connectivity index (χ2v) is 4.87. The molecule has 2 N–H and O–H groups in total. The van der Waals surface area contributed by atoms with Crippen molar-refractivity contribution >= 4 is 5.91 Å². The van der Waals surface area contributed by atoms with Crippen molar-refractivity contribution in [2.45, 2.75) is 32.4 Å². The molecule has 0 saturated carbocycles. The van der Waals surface area contributed by atoms with Gasteiger partial charge in [0.25, 0.3) is 5.91 Å². The summed E-state index contributed by atoms with van der Waals surface area (Å²) in [5.74, 6) is -0.137. The first-order chi connectivity index (χ1) is 9.56. The Morgan fingerprint density at radius 1 is 1.40 bits per heavy atom. The number of benzene rings is 1. The van der Waals surface area contributed by atoms with Crippen LogP contribution in [0.2, 0.25) is 0 Å². The van der Waals surface area contributed by atoms with E-state index in [0.717, 1.165) is 5.56 Å². The number of hydrogen-bond donors (Lipinski definition) is 2. The van der Waals surface area contributed by atoms with E-state index < -0.39 is 6.10 Å². The number of amides is 1. The second kappa shape index (κ2) is 6.34. The summed E-state index contributed by atoms with van der Waals surface area (Å²) < 4.78 is 4.89. The van der Waals surface area contributed by atoms with Crippen LogP contribution in [0.3, 0.4) is 0 Å². The van der Waals surface area contributed by atoms with E-state index in [1.165, 1.54) is 0 Å². The Morgan fingerprint density at radius 2 is 2.10 bits per heavy atom. The highest BCUT2D eigenvalue weighted by molar-refractivity contribution is 5.91. The topological polar surface area (TPSA) is 75.4 Å². The summed E-state index contributed by atoms with van der Waals surface area (Å²) in [6, 6.07) is 10.8. The molecular formula is C15H18N2O3. The zero-order chi connectivity index (χ0) is 14.5. The summed E-state index contributed by atoms with van der Waals surface area (Å²) in [5.41, 5.74) is 1.50. The molecule has 0 radical (unpaired) electrons. The highest BCUT2D eigenvalue weighted by Gasteiger charge is 2.17. The fraction of sp³-hybridized carbons (Fsp3) is 0.333. The number of rotatable bonds is 5. The smallest absolute Gasteiger partial charge is 0.290 e. The third kappa shape index (κ3) is 3.68. The Labute approximate surface area is 117 Å². The minimum absolute atomic E-state index is 0.178. The van der Waals surface area contributed by atoms with E-state index in [1.807, 2.05) is 37.3 Å². The molecule has 0 aliphatic rings. The van der Waals surface area contributed by atoms with E-state index >= 15 is 0 Å². The fourth-order valence-electron chi connectivity index (χ4n) is 1.97. The number of hydrogen-bond acceptors (Lipinski definition) is 4. The maximum absolute atomic E-state index is 11.9. The zero-order valence-corrected chi connectivity index (χ0v) is 11.5. The Morgan fingerprint density at radius 3 is 2.70 bits per heavy atom. The number of nitrogens with zero attached hydrogens (tertiary/aromatic N) is 1. The van der Waals surface area contributed by atoms with Crippen molar-refractivity contribution in [3.63, 3.8) is 0 Å². The molecule has 1 aromatic carbocycles. The van der Waals surface area contributed by atoms with Gasteiger partial charge in [-0.2, -0.15) is 0 Å². The van der Waals surface area contributed by atoms with Crippen LogP contribution in [-0.2, 0) is 0 Å². The molecule has 20 heavy (non-hydrogen) atoms. The number of aromatic nitrogens is 1. The molecule has 0 aliphatic carbocycles. The average Bonchev–Trinajstić information content (AvgIpc) is 2.86. The van der Waals surface area contributed by atoms with Crippen LogP contribution in [0.1, 0.15) is 41.3 Å². The summed E-state index contributed by atoms with van der Waals surface area (Å²) in [7, 11) is 0. The predicted molar refractivity (Wildman–Crippen MR) is 74.2 cm³/mol. The lowest BCUT2D eigenvalue weighted by atomic mass is 10.0. The van der Waals surface area contributed by atoms with Crippen LogP contribution in [0.4, 0.5) is 0 Å². The minimum Gasteiger partial charge on any atom is -0.388 e. The number of aliphatic hydroxyl groups is 1. The van der Waals surface area contributed by atoms with Gasteiger partial charge in [0.2, 0.25) is 5.76 Å². The van der Waals surface area contributed by atoms with Gasteiger partial charge in [-0.15, -0.1) is 0 Å². The molecule has 0 bridgehead atoms. The normalized spacial score (nSPS) is 13.8. The van der Waals surface area contributed by atoms with Gasteiger partial charge in [-0.25, -0.2) is 0 Å². The van der Waals surface area contributed by atoms with E-state index in [-0.39, 0.29) is 17.7 Å². The lowest BCUT2D eigenvalue weighted by Crippen LogP contribution is -2.33. The van der Waals surface area contributed by atoms with Crippen LogP contribution in [-0.4, -0.2) is 22.2 Å². The van der Waals surface area contributed by atoms with Crippen LogP contribution < -0.4 is 5.32 Å². The highest BCUT2D eigenvalue weighted by atomic mass is 16.5. The van der Waals surface area contributed by atoms with Gasteiger partial charge >= 0.3 is 0 Å². The zero-order valence-electron chi connectivity index (χ0n) is 11.5. The summed E-state index contributed by atoms with van der Waals surface area (Å²) in [5, 5.41) is 16.5. The van der Waals surface area contributed by atoms with E-state index in [4.69, 9.17) is 4.52 Å². The third-order valence-corrected chi connectivity index (χ3v) is 2.99. The molecule has 1 amide bonds. The molecule has 5 heteroatoms. The van der Waals surface area contributed by atoms with Gasteiger partial charge in [0, 0.05) is 12.1 Å². The van der Waals surface area contributed by atoms with Crippen molar-refractivity contribution in [1.29, 1.82) is 0 Å². The lowest BCUT2D eigenvalue weighted by Gasteiger charge is -2.17. The molecule has 2 atom stereocenters. The summed E-state index contributed by atoms with van der Waals surface area (Å²) in [4.78, 5) is 11.9. The van der Waals surface area contributed by atoms with Crippen molar-refractivity contribution in [1.82, 2.24) is 10.5 Å². The van der Waals surface area contributed by atoms with Crippen LogP contribution >= 0.6 is 0 Å². The molecule has 1 aromatic heterocycles. The van der Waals surface area contributed by atoms with Gasteiger partial charge in [0.05, 0.1) is 11.8 Å². The number of carbonyl (C=O) groups is 1. The van der Waals surface area contributed by atoms with Crippen molar-refractivity contribution in [3.05, 3.63) is 53.4 Å². The van der Waals surface area contributed by atoms with Crippen molar-refractivity contribution < 1.29 is 14.4 Å². The van der Waals surface area contributed by atoms with Crippen molar-refractivity contribution in [2.24, 2.45) is 0 Å². The molecule has 5 nitrogen and oxygen atoms in total. The summed E-state index contributed by atoms with van der Waals surface area (Å²) in [6.45, 7) is 3.59. The van der Waals surface area contributed by atoms with Crippen LogP contribution in [0.15, 0.2) is 40.9 Å². The van der Waals surface area contributed by atoms with Crippen molar-refractivity contribution in [3.8, 4) is 0 Å². The Bertz CT molecular complexity index is 566. The minimum atomic E-state index is -0.608. The van der Waals surface area contributed by atoms with Crippen LogP contribution in [0.25, 0.3) is 0 Å². The molecule has 0 fully saturated rings. The molecular weight excluding hydrogens is 256 g/mol. The predicted octanol–water partition coefficient (Wildman–Crippen LogP) is 2.23. The Hall–Kier alpha value is -2.14. The standard InChI is InChI=1S/C15H18N2O3/c1-10(8-13(18)12-6-4-3-5-7-12)16-15(19)14-9-11(2)17-20-14/h3-7,9-10,13,18H,8H2,1-2H3,(H,16,19). The monoisotopic (exact) mass is 274 g/mol. The van der Waals surface area contributed by atoms with Crippen molar-refractivity contribution in [2.75, 3.05) is 0 Å². The van der Waals surface area contributed by atoms with Gasteiger partial charge in [0.1, 0.15) is 0 Å². The maximum Gasteiger partial charge on any atom is 0.290 e. The molecule has 2 unspecified atom stereocenters. The van der Waals surface area contributed by atoms with Gasteiger partial charge in [-0.1, -0.05) is 35.5 Å². The first-order valence-corrected chi connectivity index (χ1v) is 6.53. The summed E-state index contributed by atoms with van der Waals surface area (Å²) >= 11 is 0. The second-order valence-electron chi connectivity index (χ2n) is 4.87. The summed E-state index contributed by atoms with van der Waals surface area (Å²) in [6.07, 6.45) is -0.175. The van der Waals surface area contributed by atoms with E-state index in [9.17, 15) is 9.90 Å². The molecule has 106 valence electrons. The lowest BCUT2D eigenvalue weighted by molar-refractivity contribution is 0.0880.